The Hall–Kier alpha value is -2.99. The van der Waals surface area contributed by atoms with Gasteiger partial charge < -0.3 is 18.9 Å². The lowest BCUT2D eigenvalue weighted by Crippen LogP contribution is -2.38. The summed E-state index contributed by atoms with van der Waals surface area (Å²) in [4.78, 5) is 14.5. The zero-order valence-electron chi connectivity index (χ0n) is 16.1. The molecule has 0 bridgehead atoms. The van der Waals surface area contributed by atoms with Gasteiger partial charge in [-0.25, -0.2) is 0 Å². The molecule has 29 heavy (non-hydrogen) atoms. The molecule has 0 N–H and O–H groups in total. The van der Waals surface area contributed by atoms with Crippen molar-refractivity contribution in [1.29, 1.82) is 0 Å². The summed E-state index contributed by atoms with van der Waals surface area (Å²) in [5.41, 5.74) is 2.71. The molecule has 1 aliphatic heterocycles. The molecule has 0 atom stereocenters. The first-order valence-electron chi connectivity index (χ1n) is 9.51. The van der Waals surface area contributed by atoms with Gasteiger partial charge in [-0.2, -0.15) is 0 Å². The van der Waals surface area contributed by atoms with E-state index in [-0.39, 0.29) is 12.5 Å². The predicted octanol–water partition coefficient (Wildman–Crippen LogP) is 4.36. The Bertz CT molecular complexity index is 1000. The van der Waals surface area contributed by atoms with Crippen molar-refractivity contribution >= 4 is 17.5 Å². The van der Waals surface area contributed by atoms with E-state index in [1.54, 1.807) is 23.1 Å². The van der Waals surface area contributed by atoms with Crippen LogP contribution in [0.1, 0.15) is 18.2 Å². The molecule has 1 aromatic heterocycles. The zero-order chi connectivity index (χ0) is 20.2. The van der Waals surface area contributed by atoms with Crippen LogP contribution < -0.4 is 9.47 Å². The number of amides is 1. The zero-order valence-corrected chi connectivity index (χ0v) is 16.8. The van der Waals surface area contributed by atoms with Crippen LogP contribution in [0.5, 0.6) is 11.5 Å². The number of ether oxygens (including phenoxy) is 2. The molecule has 1 amide bonds. The Morgan fingerprint density at radius 1 is 1.14 bits per heavy atom. The number of rotatable bonds is 6. The topological polar surface area (TPSA) is 64.8 Å². The van der Waals surface area contributed by atoms with Gasteiger partial charge in [0.1, 0.15) is 0 Å². The summed E-state index contributed by atoms with van der Waals surface area (Å²) in [7, 11) is 0. The van der Waals surface area contributed by atoms with E-state index in [4.69, 9.17) is 25.6 Å². The highest BCUT2D eigenvalue weighted by molar-refractivity contribution is 6.30. The first-order valence-corrected chi connectivity index (χ1v) is 9.89. The second-order valence-electron chi connectivity index (χ2n) is 6.68. The maximum absolute atomic E-state index is 12.8. The fourth-order valence-electron chi connectivity index (χ4n) is 3.33. The summed E-state index contributed by atoms with van der Waals surface area (Å²) < 4.78 is 16.8. The third-order valence-corrected chi connectivity index (χ3v) is 5.05. The average molecular weight is 413 g/mol. The Morgan fingerprint density at radius 3 is 2.59 bits per heavy atom. The number of para-hydroxylation sites is 2. The Kier molecular flexibility index (Phi) is 5.71. The van der Waals surface area contributed by atoms with Crippen molar-refractivity contribution in [3.8, 4) is 22.8 Å². The fraction of sp³-hybridized carbons (Fsp3) is 0.273. The highest BCUT2D eigenvalue weighted by Gasteiger charge is 2.27. The largest absolute Gasteiger partial charge is 0.490 e. The van der Waals surface area contributed by atoms with Crippen molar-refractivity contribution in [3.63, 3.8) is 0 Å². The van der Waals surface area contributed by atoms with Gasteiger partial charge in [0, 0.05) is 29.1 Å². The van der Waals surface area contributed by atoms with Gasteiger partial charge in [0.2, 0.25) is 0 Å². The van der Waals surface area contributed by atoms with Gasteiger partial charge in [0.15, 0.2) is 23.9 Å². The van der Waals surface area contributed by atoms with Gasteiger partial charge in [0.05, 0.1) is 18.8 Å². The van der Waals surface area contributed by atoms with Crippen LogP contribution in [0.15, 0.2) is 53.1 Å². The molecule has 0 saturated carbocycles. The SMILES string of the molecule is CCOc1ccccc1OCC(=O)N1CCc2noc(-c3ccc(Cl)cc3)c2C1. The number of fused-ring (bicyclic) bond motifs is 1. The van der Waals surface area contributed by atoms with Crippen molar-refractivity contribution < 1.29 is 18.8 Å². The number of aromatic nitrogens is 1. The van der Waals surface area contributed by atoms with Crippen LogP contribution in [0, 0.1) is 0 Å². The van der Waals surface area contributed by atoms with Crippen LogP contribution in [0.25, 0.3) is 11.3 Å². The number of hydrogen-bond acceptors (Lipinski definition) is 5. The van der Waals surface area contributed by atoms with Crippen molar-refractivity contribution in [1.82, 2.24) is 10.1 Å². The highest BCUT2D eigenvalue weighted by atomic mass is 35.5. The monoisotopic (exact) mass is 412 g/mol. The van der Waals surface area contributed by atoms with E-state index in [9.17, 15) is 4.79 Å². The fourth-order valence-corrected chi connectivity index (χ4v) is 3.45. The van der Waals surface area contributed by atoms with Gasteiger partial charge in [-0.1, -0.05) is 28.9 Å². The molecule has 0 saturated heterocycles. The Balaban J connectivity index is 1.45. The number of benzene rings is 2. The van der Waals surface area contributed by atoms with Crippen LogP contribution in [-0.2, 0) is 17.8 Å². The lowest BCUT2D eigenvalue weighted by Gasteiger charge is -2.26. The molecule has 2 heterocycles. The summed E-state index contributed by atoms with van der Waals surface area (Å²) in [6, 6.07) is 14.7. The predicted molar refractivity (Wildman–Crippen MR) is 109 cm³/mol. The minimum absolute atomic E-state index is 0.0546. The van der Waals surface area contributed by atoms with E-state index in [2.05, 4.69) is 5.16 Å². The molecular formula is C22H21ClN2O4. The van der Waals surface area contributed by atoms with E-state index >= 15 is 0 Å². The van der Waals surface area contributed by atoms with E-state index < -0.39 is 0 Å². The minimum Gasteiger partial charge on any atom is -0.490 e. The normalized spacial score (nSPS) is 13.1. The van der Waals surface area contributed by atoms with E-state index in [1.807, 2.05) is 37.3 Å². The third-order valence-electron chi connectivity index (χ3n) is 4.80. The molecule has 150 valence electrons. The van der Waals surface area contributed by atoms with Gasteiger partial charge in [0.25, 0.3) is 5.91 Å². The molecule has 0 fully saturated rings. The van der Waals surface area contributed by atoms with Crippen LogP contribution in [0.2, 0.25) is 5.02 Å². The summed E-state index contributed by atoms with van der Waals surface area (Å²) in [5.74, 6) is 1.78. The summed E-state index contributed by atoms with van der Waals surface area (Å²) in [5, 5.41) is 4.84. The quantitative estimate of drug-likeness (QED) is 0.602. The molecule has 0 radical (unpaired) electrons. The van der Waals surface area contributed by atoms with E-state index in [0.717, 1.165) is 16.8 Å². The number of carbonyl (C=O) groups is 1. The molecule has 0 spiro atoms. The Morgan fingerprint density at radius 2 is 1.86 bits per heavy atom. The van der Waals surface area contributed by atoms with Gasteiger partial charge >= 0.3 is 0 Å². The number of nitrogens with zero attached hydrogens (tertiary/aromatic N) is 2. The lowest BCUT2D eigenvalue weighted by molar-refractivity contribution is -0.134. The molecule has 1 aliphatic rings. The first-order chi connectivity index (χ1) is 14.2. The molecule has 7 heteroatoms. The van der Waals surface area contributed by atoms with Gasteiger partial charge in [-0.3, -0.25) is 4.79 Å². The molecule has 2 aromatic carbocycles. The van der Waals surface area contributed by atoms with Crippen LogP contribution >= 0.6 is 11.6 Å². The average Bonchev–Trinajstić information content (AvgIpc) is 3.17. The molecule has 0 aliphatic carbocycles. The summed E-state index contributed by atoms with van der Waals surface area (Å²) >= 11 is 5.98. The standard InChI is InChI=1S/C22H21ClN2O4/c1-2-27-19-5-3-4-6-20(19)28-14-21(26)25-12-11-18-17(13-25)22(29-24-18)15-7-9-16(23)10-8-15/h3-10H,2,11-14H2,1H3. The van der Waals surface area contributed by atoms with E-state index in [0.29, 0.717) is 48.4 Å². The van der Waals surface area contributed by atoms with Crippen LogP contribution in [0.3, 0.4) is 0 Å². The van der Waals surface area contributed by atoms with Crippen molar-refractivity contribution in [2.45, 2.75) is 19.9 Å². The Labute approximate surface area is 174 Å². The number of halogens is 1. The molecule has 6 nitrogen and oxygen atoms in total. The second kappa shape index (κ2) is 8.57. The van der Waals surface area contributed by atoms with Crippen LogP contribution in [-0.4, -0.2) is 35.7 Å². The van der Waals surface area contributed by atoms with Crippen molar-refractivity contribution in [2.24, 2.45) is 0 Å². The van der Waals surface area contributed by atoms with Crippen molar-refractivity contribution in [2.75, 3.05) is 19.8 Å². The van der Waals surface area contributed by atoms with E-state index in [1.165, 1.54) is 0 Å². The van der Waals surface area contributed by atoms with Crippen LogP contribution in [0.4, 0.5) is 0 Å². The van der Waals surface area contributed by atoms with Crippen molar-refractivity contribution in [3.05, 3.63) is 64.8 Å². The third kappa shape index (κ3) is 4.22. The maximum atomic E-state index is 12.8. The second-order valence-corrected chi connectivity index (χ2v) is 7.11. The minimum atomic E-state index is -0.0924. The van der Waals surface area contributed by atoms with Gasteiger partial charge in [-0.15, -0.1) is 0 Å². The first kappa shape index (κ1) is 19.3. The molecule has 4 rings (SSSR count). The maximum Gasteiger partial charge on any atom is 0.260 e. The summed E-state index contributed by atoms with van der Waals surface area (Å²) in [6.45, 7) is 3.40. The highest BCUT2D eigenvalue weighted by Crippen LogP contribution is 2.31. The number of carbonyl (C=O) groups excluding carboxylic acids is 1. The molecular weight excluding hydrogens is 392 g/mol. The smallest absolute Gasteiger partial charge is 0.260 e. The molecule has 3 aromatic rings. The lowest BCUT2D eigenvalue weighted by atomic mass is 10.0. The number of hydrogen-bond donors (Lipinski definition) is 0. The molecule has 0 unspecified atom stereocenters. The summed E-state index contributed by atoms with van der Waals surface area (Å²) in [6.07, 6.45) is 0.647. The van der Waals surface area contributed by atoms with Gasteiger partial charge in [-0.05, 0) is 43.3 Å².